The number of benzene rings is 1. The summed E-state index contributed by atoms with van der Waals surface area (Å²) in [4.78, 5) is 10.9. The van der Waals surface area contributed by atoms with E-state index in [0.717, 1.165) is 11.9 Å². The molecule has 0 bridgehead atoms. The summed E-state index contributed by atoms with van der Waals surface area (Å²) >= 11 is 0. The van der Waals surface area contributed by atoms with E-state index in [9.17, 15) is 4.79 Å². The van der Waals surface area contributed by atoms with Crippen molar-refractivity contribution >= 4 is 17.0 Å². The van der Waals surface area contributed by atoms with Crippen molar-refractivity contribution in [3.8, 4) is 0 Å². The topological polar surface area (TPSA) is 68.0 Å². The summed E-state index contributed by atoms with van der Waals surface area (Å²) < 4.78 is 1.89. The van der Waals surface area contributed by atoms with Gasteiger partial charge in [-0.25, -0.2) is 9.48 Å². The van der Waals surface area contributed by atoms with Gasteiger partial charge in [-0.2, -0.15) is 0 Å². The number of carboxylic acid groups (broad SMARTS) is 1. The molecular formula is C14H19N3O2. The van der Waals surface area contributed by atoms with Gasteiger partial charge in [0.1, 0.15) is 5.52 Å². The number of unbranched alkanes of at least 4 members (excludes halogenated alkanes) is 2. The Bertz CT molecular complexity index is 577. The molecule has 2 rings (SSSR count). The van der Waals surface area contributed by atoms with Gasteiger partial charge in [0.25, 0.3) is 0 Å². The van der Waals surface area contributed by atoms with Crippen LogP contribution in [0.1, 0.15) is 55.9 Å². The van der Waals surface area contributed by atoms with E-state index in [1.54, 1.807) is 18.2 Å². The zero-order valence-electron chi connectivity index (χ0n) is 11.3. The van der Waals surface area contributed by atoms with Crippen LogP contribution in [0.5, 0.6) is 0 Å². The van der Waals surface area contributed by atoms with Crippen LogP contribution in [0.15, 0.2) is 18.2 Å². The fourth-order valence-corrected chi connectivity index (χ4v) is 2.21. The van der Waals surface area contributed by atoms with E-state index in [1.807, 2.05) is 4.68 Å². The molecule has 1 N–H and O–H groups in total. The Balaban J connectivity index is 2.22. The standard InChI is InChI=1S/C14H19N3O2/c1-3-4-5-6-10(2)17-13-8-7-11(14(18)19)9-12(13)15-16-17/h7-10H,3-6H2,1-2H3,(H,18,19). The predicted molar refractivity (Wildman–Crippen MR) is 73.3 cm³/mol. The molecule has 1 heterocycles. The van der Waals surface area contributed by atoms with Crippen molar-refractivity contribution in [2.75, 3.05) is 0 Å². The van der Waals surface area contributed by atoms with Crippen LogP contribution in [0, 0.1) is 0 Å². The number of hydrogen-bond acceptors (Lipinski definition) is 3. The molecule has 0 fully saturated rings. The molecule has 102 valence electrons. The van der Waals surface area contributed by atoms with E-state index in [4.69, 9.17) is 5.11 Å². The van der Waals surface area contributed by atoms with Crippen LogP contribution in [0.4, 0.5) is 0 Å². The Labute approximate surface area is 112 Å². The van der Waals surface area contributed by atoms with Crippen LogP contribution in [-0.2, 0) is 0 Å². The van der Waals surface area contributed by atoms with Gasteiger partial charge in [0.2, 0.25) is 0 Å². The average molecular weight is 261 g/mol. The SMILES string of the molecule is CCCCCC(C)n1nnc2cc(C(=O)O)ccc21. The zero-order valence-corrected chi connectivity index (χ0v) is 11.3. The second-order valence-electron chi connectivity index (χ2n) is 4.89. The Hall–Kier alpha value is -1.91. The van der Waals surface area contributed by atoms with Gasteiger partial charge < -0.3 is 5.11 Å². The lowest BCUT2D eigenvalue weighted by Gasteiger charge is -2.11. The van der Waals surface area contributed by atoms with E-state index >= 15 is 0 Å². The molecule has 5 heteroatoms. The maximum Gasteiger partial charge on any atom is 0.335 e. The minimum Gasteiger partial charge on any atom is -0.478 e. The molecule has 1 aromatic heterocycles. The van der Waals surface area contributed by atoms with Crippen molar-refractivity contribution in [2.45, 2.75) is 45.6 Å². The molecule has 5 nitrogen and oxygen atoms in total. The molecule has 0 aliphatic rings. The summed E-state index contributed by atoms with van der Waals surface area (Å²) in [5.74, 6) is -0.938. The minimum absolute atomic E-state index is 0.248. The van der Waals surface area contributed by atoms with E-state index in [0.29, 0.717) is 5.52 Å². The zero-order chi connectivity index (χ0) is 13.8. The maximum absolute atomic E-state index is 10.9. The number of aromatic carboxylic acids is 1. The van der Waals surface area contributed by atoms with E-state index in [1.165, 1.54) is 19.3 Å². The molecule has 2 aromatic rings. The average Bonchev–Trinajstić information content (AvgIpc) is 2.81. The summed E-state index contributed by atoms with van der Waals surface area (Å²) in [5.41, 5.74) is 1.79. The van der Waals surface area contributed by atoms with Crippen LogP contribution in [0.3, 0.4) is 0 Å². The first-order chi connectivity index (χ1) is 9.13. The van der Waals surface area contributed by atoms with Crippen molar-refractivity contribution in [3.63, 3.8) is 0 Å². The van der Waals surface area contributed by atoms with Crippen LogP contribution in [-0.4, -0.2) is 26.1 Å². The van der Waals surface area contributed by atoms with Gasteiger partial charge in [0.15, 0.2) is 0 Å². The molecule has 0 aliphatic heterocycles. The molecule has 1 atom stereocenters. The normalized spacial score (nSPS) is 12.7. The summed E-state index contributed by atoms with van der Waals surface area (Å²) in [7, 11) is 0. The number of aromatic nitrogens is 3. The highest BCUT2D eigenvalue weighted by atomic mass is 16.4. The Morgan fingerprint density at radius 1 is 1.42 bits per heavy atom. The number of fused-ring (bicyclic) bond motifs is 1. The number of rotatable bonds is 6. The van der Waals surface area contributed by atoms with E-state index in [-0.39, 0.29) is 11.6 Å². The summed E-state index contributed by atoms with van der Waals surface area (Å²) in [5, 5.41) is 17.2. The molecule has 0 aliphatic carbocycles. The highest BCUT2D eigenvalue weighted by Gasteiger charge is 2.12. The third-order valence-corrected chi connectivity index (χ3v) is 3.36. The van der Waals surface area contributed by atoms with Gasteiger partial charge in [-0.05, 0) is 31.5 Å². The molecule has 0 spiro atoms. The molecule has 0 radical (unpaired) electrons. The van der Waals surface area contributed by atoms with Gasteiger partial charge in [0, 0.05) is 0 Å². The lowest BCUT2D eigenvalue weighted by molar-refractivity contribution is 0.0697. The third kappa shape index (κ3) is 2.92. The second-order valence-corrected chi connectivity index (χ2v) is 4.89. The first-order valence-electron chi connectivity index (χ1n) is 6.71. The van der Waals surface area contributed by atoms with Crippen molar-refractivity contribution < 1.29 is 9.90 Å². The van der Waals surface area contributed by atoms with Gasteiger partial charge >= 0.3 is 5.97 Å². The van der Waals surface area contributed by atoms with Crippen molar-refractivity contribution in [2.24, 2.45) is 0 Å². The van der Waals surface area contributed by atoms with Crippen LogP contribution < -0.4 is 0 Å². The summed E-state index contributed by atoms with van der Waals surface area (Å²) in [6.45, 7) is 4.30. The molecule has 1 unspecified atom stereocenters. The monoisotopic (exact) mass is 261 g/mol. The molecule has 19 heavy (non-hydrogen) atoms. The van der Waals surface area contributed by atoms with Gasteiger partial charge in [0.05, 0.1) is 17.1 Å². The first-order valence-corrected chi connectivity index (χ1v) is 6.71. The van der Waals surface area contributed by atoms with Gasteiger partial charge in [-0.15, -0.1) is 5.10 Å². The van der Waals surface area contributed by atoms with E-state index in [2.05, 4.69) is 24.2 Å². The Morgan fingerprint density at radius 3 is 2.89 bits per heavy atom. The van der Waals surface area contributed by atoms with Crippen LogP contribution in [0.2, 0.25) is 0 Å². The highest BCUT2D eigenvalue weighted by molar-refractivity contribution is 5.92. The first kappa shape index (κ1) is 13.5. The van der Waals surface area contributed by atoms with Crippen molar-refractivity contribution in [1.29, 1.82) is 0 Å². The largest absolute Gasteiger partial charge is 0.478 e. The fraction of sp³-hybridized carbons (Fsp3) is 0.500. The number of carbonyl (C=O) groups is 1. The summed E-state index contributed by atoms with van der Waals surface area (Å²) in [6, 6.07) is 5.24. The molecule has 0 amide bonds. The lowest BCUT2D eigenvalue weighted by Crippen LogP contribution is -2.07. The van der Waals surface area contributed by atoms with Crippen LogP contribution in [0.25, 0.3) is 11.0 Å². The molecule has 1 aromatic carbocycles. The maximum atomic E-state index is 10.9. The molecule has 0 saturated carbocycles. The van der Waals surface area contributed by atoms with Crippen molar-refractivity contribution in [3.05, 3.63) is 23.8 Å². The van der Waals surface area contributed by atoms with Crippen LogP contribution >= 0.6 is 0 Å². The van der Waals surface area contributed by atoms with E-state index < -0.39 is 5.97 Å². The lowest BCUT2D eigenvalue weighted by atomic mass is 10.1. The third-order valence-electron chi connectivity index (χ3n) is 3.36. The summed E-state index contributed by atoms with van der Waals surface area (Å²) in [6.07, 6.45) is 4.66. The Kier molecular flexibility index (Phi) is 4.14. The minimum atomic E-state index is -0.938. The predicted octanol–water partition coefficient (Wildman–Crippen LogP) is 3.27. The van der Waals surface area contributed by atoms with Crippen molar-refractivity contribution in [1.82, 2.24) is 15.0 Å². The Morgan fingerprint density at radius 2 is 2.21 bits per heavy atom. The second kappa shape index (κ2) is 5.82. The highest BCUT2D eigenvalue weighted by Crippen LogP contribution is 2.21. The number of hydrogen-bond donors (Lipinski definition) is 1. The molecule has 0 saturated heterocycles. The smallest absolute Gasteiger partial charge is 0.335 e. The fourth-order valence-electron chi connectivity index (χ4n) is 2.21. The molecular weight excluding hydrogens is 242 g/mol. The number of carboxylic acids is 1. The number of nitrogens with zero attached hydrogens (tertiary/aromatic N) is 3. The quantitative estimate of drug-likeness (QED) is 0.810. The van der Waals surface area contributed by atoms with Gasteiger partial charge in [-0.3, -0.25) is 0 Å². The van der Waals surface area contributed by atoms with Gasteiger partial charge in [-0.1, -0.05) is 31.4 Å².